The second kappa shape index (κ2) is 8.46. The van der Waals surface area contributed by atoms with Gasteiger partial charge in [-0.1, -0.05) is 23.9 Å². The van der Waals surface area contributed by atoms with Crippen LogP contribution in [0.15, 0.2) is 40.9 Å². The number of carbonyl (C=O) groups is 1. The van der Waals surface area contributed by atoms with Crippen molar-refractivity contribution in [3.63, 3.8) is 0 Å². The lowest BCUT2D eigenvalue weighted by Crippen LogP contribution is -2.31. The van der Waals surface area contributed by atoms with Crippen molar-refractivity contribution in [2.24, 2.45) is 0 Å². The van der Waals surface area contributed by atoms with Gasteiger partial charge in [0.2, 0.25) is 11.1 Å². The summed E-state index contributed by atoms with van der Waals surface area (Å²) in [5, 5.41) is 14.6. The van der Waals surface area contributed by atoms with Crippen LogP contribution in [0.1, 0.15) is 22.9 Å². The Morgan fingerprint density at radius 1 is 1.27 bits per heavy atom. The lowest BCUT2D eigenvalue weighted by atomic mass is 10.1. The maximum absolute atomic E-state index is 12.6. The number of thiophene rings is 1. The van der Waals surface area contributed by atoms with E-state index in [1.54, 1.807) is 16.0 Å². The van der Waals surface area contributed by atoms with Crippen LogP contribution in [0, 0.1) is 13.8 Å². The Kier molecular flexibility index (Phi) is 6.05. The molecule has 2 aromatic heterocycles. The Labute approximate surface area is 161 Å². The Hall–Kier alpha value is -2.19. The minimum Gasteiger partial charge on any atom is -0.337 e. The van der Waals surface area contributed by atoms with Crippen molar-refractivity contribution in [3.05, 3.63) is 51.7 Å². The van der Waals surface area contributed by atoms with Gasteiger partial charge in [0.15, 0.2) is 0 Å². The Morgan fingerprint density at radius 2 is 2.12 bits per heavy atom. The number of aryl methyl sites for hydroxylation is 2. The fourth-order valence-corrected chi connectivity index (χ4v) is 3.99. The van der Waals surface area contributed by atoms with E-state index in [1.807, 2.05) is 47.5 Å². The Bertz CT molecular complexity index is 876. The first kappa shape index (κ1) is 18.6. The van der Waals surface area contributed by atoms with E-state index < -0.39 is 0 Å². The highest BCUT2D eigenvalue weighted by Crippen LogP contribution is 2.21. The first-order valence-electron chi connectivity index (χ1n) is 8.37. The van der Waals surface area contributed by atoms with Gasteiger partial charge in [-0.05, 0) is 65.9 Å². The van der Waals surface area contributed by atoms with Gasteiger partial charge in [0, 0.05) is 11.4 Å². The van der Waals surface area contributed by atoms with Gasteiger partial charge >= 0.3 is 0 Å². The summed E-state index contributed by atoms with van der Waals surface area (Å²) in [7, 11) is 0. The van der Waals surface area contributed by atoms with Crippen LogP contribution in [-0.2, 0) is 11.3 Å². The molecule has 0 aliphatic carbocycles. The smallest absolute Gasteiger partial charge is 0.233 e. The number of nitrogens with zero attached hydrogens (tertiary/aromatic N) is 5. The molecule has 6 nitrogen and oxygen atoms in total. The molecule has 1 aromatic carbocycles. The molecule has 0 saturated carbocycles. The summed E-state index contributed by atoms with van der Waals surface area (Å²) in [5.41, 5.74) is 3.30. The number of amides is 1. The number of hydrogen-bond acceptors (Lipinski definition) is 6. The topological polar surface area (TPSA) is 63.9 Å². The zero-order valence-electron chi connectivity index (χ0n) is 15.0. The van der Waals surface area contributed by atoms with E-state index in [-0.39, 0.29) is 5.91 Å². The molecule has 0 bridgehead atoms. The van der Waals surface area contributed by atoms with Gasteiger partial charge in [-0.2, -0.15) is 4.68 Å². The lowest BCUT2D eigenvalue weighted by Gasteiger charge is -2.19. The predicted molar refractivity (Wildman–Crippen MR) is 105 cm³/mol. The van der Waals surface area contributed by atoms with Crippen molar-refractivity contribution < 1.29 is 4.79 Å². The summed E-state index contributed by atoms with van der Waals surface area (Å²) in [5.74, 6) is 0.394. The zero-order chi connectivity index (χ0) is 18.5. The minimum atomic E-state index is 0.0838. The van der Waals surface area contributed by atoms with Gasteiger partial charge in [0.1, 0.15) is 0 Å². The van der Waals surface area contributed by atoms with Crippen LogP contribution in [0.3, 0.4) is 0 Å². The first-order chi connectivity index (χ1) is 12.6. The van der Waals surface area contributed by atoms with Crippen molar-refractivity contribution in [2.75, 3.05) is 12.3 Å². The maximum atomic E-state index is 12.6. The molecule has 0 N–H and O–H groups in total. The molecule has 1 amide bonds. The SMILES string of the molecule is CCN(Cc1cccs1)C(=O)CSc1nnnn1-c1ccc(C)c(C)c1. The molecule has 3 rings (SSSR count). The lowest BCUT2D eigenvalue weighted by molar-refractivity contribution is -0.128. The molecule has 0 fully saturated rings. The third-order valence-corrected chi connectivity index (χ3v) is 5.93. The molecule has 0 atom stereocenters. The van der Waals surface area contributed by atoms with E-state index in [4.69, 9.17) is 0 Å². The molecule has 0 saturated heterocycles. The summed E-state index contributed by atoms with van der Waals surface area (Å²) in [6, 6.07) is 10.1. The van der Waals surface area contributed by atoms with Crippen LogP contribution in [0.4, 0.5) is 0 Å². The number of carbonyl (C=O) groups excluding carboxylic acids is 1. The van der Waals surface area contributed by atoms with E-state index in [0.717, 1.165) is 5.69 Å². The molecule has 0 radical (unpaired) electrons. The molecule has 3 aromatic rings. The van der Waals surface area contributed by atoms with E-state index in [2.05, 4.69) is 29.4 Å². The third kappa shape index (κ3) is 4.31. The van der Waals surface area contributed by atoms with E-state index in [0.29, 0.717) is 24.0 Å². The zero-order valence-corrected chi connectivity index (χ0v) is 16.7. The molecule has 0 unspecified atom stereocenters. The molecule has 26 heavy (non-hydrogen) atoms. The van der Waals surface area contributed by atoms with E-state index in [1.165, 1.54) is 27.8 Å². The first-order valence-corrected chi connectivity index (χ1v) is 10.2. The number of tetrazole rings is 1. The molecule has 136 valence electrons. The fourth-order valence-electron chi connectivity index (χ4n) is 2.47. The second-order valence-electron chi connectivity index (χ2n) is 5.92. The maximum Gasteiger partial charge on any atom is 0.233 e. The highest BCUT2D eigenvalue weighted by atomic mass is 32.2. The molecule has 0 spiro atoms. The monoisotopic (exact) mass is 387 g/mol. The van der Waals surface area contributed by atoms with Crippen molar-refractivity contribution in [3.8, 4) is 5.69 Å². The van der Waals surface area contributed by atoms with Crippen LogP contribution in [0.25, 0.3) is 5.69 Å². The van der Waals surface area contributed by atoms with Crippen molar-refractivity contribution in [2.45, 2.75) is 32.5 Å². The molecule has 2 heterocycles. The molecule has 8 heteroatoms. The summed E-state index contributed by atoms with van der Waals surface area (Å²) in [4.78, 5) is 15.6. The number of thioether (sulfide) groups is 1. The van der Waals surface area contributed by atoms with Crippen molar-refractivity contribution in [1.82, 2.24) is 25.1 Å². The average Bonchev–Trinajstić information content (AvgIpc) is 3.31. The van der Waals surface area contributed by atoms with Crippen LogP contribution in [0.5, 0.6) is 0 Å². The molecular weight excluding hydrogens is 366 g/mol. The molecular formula is C18H21N5OS2. The molecule has 0 aliphatic rings. The predicted octanol–water partition coefficient (Wildman–Crippen LogP) is 3.48. The van der Waals surface area contributed by atoms with Gasteiger partial charge in [-0.15, -0.1) is 16.4 Å². The number of rotatable bonds is 7. The summed E-state index contributed by atoms with van der Waals surface area (Å²) < 4.78 is 1.68. The third-order valence-electron chi connectivity index (χ3n) is 4.16. The van der Waals surface area contributed by atoms with Crippen LogP contribution in [0.2, 0.25) is 0 Å². The minimum absolute atomic E-state index is 0.0838. The number of benzene rings is 1. The number of hydrogen-bond donors (Lipinski definition) is 0. The standard InChI is InChI=1S/C18H21N5OS2/c1-4-22(11-16-6-5-9-25-16)17(24)12-26-18-19-20-21-23(18)15-8-7-13(2)14(3)10-15/h5-10H,4,11-12H2,1-3H3. The van der Waals surface area contributed by atoms with Gasteiger partial charge in [-0.3, -0.25) is 4.79 Å². The average molecular weight is 388 g/mol. The van der Waals surface area contributed by atoms with Gasteiger partial charge in [-0.25, -0.2) is 0 Å². The van der Waals surface area contributed by atoms with Crippen LogP contribution in [-0.4, -0.2) is 43.3 Å². The largest absolute Gasteiger partial charge is 0.337 e. The van der Waals surface area contributed by atoms with E-state index in [9.17, 15) is 4.79 Å². The number of aromatic nitrogens is 4. The van der Waals surface area contributed by atoms with Gasteiger partial charge < -0.3 is 4.90 Å². The van der Waals surface area contributed by atoms with Crippen LogP contribution >= 0.6 is 23.1 Å². The second-order valence-corrected chi connectivity index (χ2v) is 7.89. The fraction of sp³-hybridized carbons (Fsp3) is 0.333. The highest BCUT2D eigenvalue weighted by Gasteiger charge is 2.16. The summed E-state index contributed by atoms with van der Waals surface area (Å²) in [6.07, 6.45) is 0. The molecule has 0 aliphatic heterocycles. The van der Waals surface area contributed by atoms with Crippen LogP contribution < -0.4 is 0 Å². The Morgan fingerprint density at radius 3 is 2.81 bits per heavy atom. The normalized spacial score (nSPS) is 10.9. The summed E-state index contributed by atoms with van der Waals surface area (Å²) >= 11 is 3.03. The Balaban J connectivity index is 1.67. The summed E-state index contributed by atoms with van der Waals surface area (Å²) in [6.45, 7) is 7.45. The van der Waals surface area contributed by atoms with Crippen molar-refractivity contribution in [1.29, 1.82) is 0 Å². The van der Waals surface area contributed by atoms with E-state index >= 15 is 0 Å². The van der Waals surface area contributed by atoms with Crippen molar-refractivity contribution >= 4 is 29.0 Å². The van der Waals surface area contributed by atoms with Gasteiger partial charge in [0.05, 0.1) is 18.0 Å². The quantitative estimate of drug-likeness (QED) is 0.581. The van der Waals surface area contributed by atoms with Gasteiger partial charge in [0.25, 0.3) is 0 Å². The highest BCUT2D eigenvalue weighted by molar-refractivity contribution is 7.99.